The molecule has 0 saturated carbocycles. The van der Waals surface area contributed by atoms with Gasteiger partial charge in [-0.2, -0.15) is 0 Å². The summed E-state index contributed by atoms with van der Waals surface area (Å²) in [6, 6.07) is 0. The Hall–Kier alpha value is -0.750. The van der Waals surface area contributed by atoms with Gasteiger partial charge < -0.3 is 14.9 Å². The van der Waals surface area contributed by atoms with Gasteiger partial charge in [-0.15, -0.1) is 11.8 Å². The third-order valence-corrected chi connectivity index (χ3v) is 1.51. The van der Waals surface area contributed by atoms with E-state index in [2.05, 4.69) is 4.74 Å². The molecule has 0 rings (SSSR count). The van der Waals surface area contributed by atoms with Crippen molar-refractivity contribution in [2.75, 3.05) is 12.9 Å². The molecule has 5 nitrogen and oxygen atoms in total. The van der Waals surface area contributed by atoms with E-state index in [9.17, 15) is 9.59 Å². The largest absolute Gasteiger partial charge is 0.478 e. The van der Waals surface area contributed by atoms with Gasteiger partial charge in [0, 0.05) is 0 Å². The molecule has 6 heteroatoms. The first-order valence-electron chi connectivity index (χ1n) is 2.67. The molecule has 0 aromatic rings. The third-order valence-electron chi connectivity index (χ3n) is 0.783. The predicted molar refractivity (Wildman–Crippen MR) is 38.1 cm³/mol. The standard InChI is InChI=1S/C5H8O5S/c1-11-5(4(8)9)10-3(7)2-6/h5-6H,2H2,1H3,(H,8,9). The Labute approximate surface area is 67.3 Å². The van der Waals surface area contributed by atoms with Crippen molar-refractivity contribution in [1.82, 2.24) is 0 Å². The highest BCUT2D eigenvalue weighted by Crippen LogP contribution is 2.07. The highest BCUT2D eigenvalue weighted by Gasteiger charge is 2.19. The van der Waals surface area contributed by atoms with Gasteiger partial charge in [-0.3, -0.25) is 0 Å². The van der Waals surface area contributed by atoms with Gasteiger partial charge in [0.25, 0.3) is 0 Å². The minimum atomic E-state index is -1.24. The summed E-state index contributed by atoms with van der Waals surface area (Å²) in [5, 5.41) is 16.5. The summed E-state index contributed by atoms with van der Waals surface area (Å²) < 4.78 is 4.28. The molecule has 2 N–H and O–H groups in total. The van der Waals surface area contributed by atoms with Crippen molar-refractivity contribution in [3.8, 4) is 0 Å². The number of rotatable bonds is 4. The molecule has 0 aliphatic rings. The fourth-order valence-electron chi connectivity index (χ4n) is 0.356. The number of hydrogen-bond donors (Lipinski definition) is 2. The minimum Gasteiger partial charge on any atom is -0.478 e. The summed E-state index contributed by atoms with van der Waals surface area (Å²) in [5.41, 5.74) is -1.23. The first kappa shape index (κ1) is 10.2. The molecule has 0 bridgehead atoms. The van der Waals surface area contributed by atoms with Crippen molar-refractivity contribution in [2.45, 2.75) is 5.44 Å². The van der Waals surface area contributed by atoms with Crippen LogP contribution in [-0.4, -0.2) is 40.5 Å². The lowest BCUT2D eigenvalue weighted by molar-refractivity contribution is -0.159. The molecule has 64 valence electrons. The number of aliphatic hydroxyl groups excluding tert-OH is 1. The van der Waals surface area contributed by atoms with Gasteiger partial charge in [0.15, 0.2) is 0 Å². The van der Waals surface area contributed by atoms with Crippen LogP contribution in [-0.2, 0) is 14.3 Å². The van der Waals surface area contributed by atoms with E-state index >= 15 is 0 Å². The van der Waals surface area contributed by atoms with Crippen molar-refractivity contribution in [1.29, 1.82) is 0 Å². The summed E-state index contributed by atoms with van der Waals surface area (Å²) in [5.74, 6) is -2.17. The Bertz CT molecular complexity index is 157. The SMILES string of the molecule is CSC(OC(=O)CO)C(=O)O. The lowest BCUT2D eigenvalue weighted by Gasteiger charge is -2.08. The van der Waals surface area contributed by atoms with Gasteiger partial charge in [-0.25, -0.2) is 9.59 Å². The van der Waals surface area contributed by atoms with Gasteiger partial charge in [0.05, 0.1) is 0 Å². The van der Waals surface area contributed by atoms with E-state index < -0.39 is 24.0 Å². The van der Waals surface area contributed by atoms with E-state index in [-0.39, 0.29) is 0 Å². The fourth-order valence-corrected chi connectivity index (χ4v) is 0.761. The van der Waals surface area contributed by atoms with Gasteiger partial charge in [-0.1, -0.05) is 0 Å². The lowest BCUT2D eigenvalue weighted by Crippen LogP contribution is -2.24. The molecule has 1 unspecified atom stereocenters. The molecule has 0 saturated heterocycles. The highest BCUT2D eigenvalue weighted by molar-refractivity contribution is 7.99. The smallest absolute Gasteiger partial charge is 0.355 e. The Morgan fingerprint density at radius 3 is 2.45 bits per heavy atom. The van der Waals surface area contributed by atoms with Crippen LogP contribution in [0.5, 0.6) is 0 Å². The third kappa shape index (κ3) is 3.84. The normalized spacial score (nSPS) is 12.2. The molecule has 0 aromatic carbocycles. The van der Waals surface area contributed by atoms with Gasteiger partial charge >= 0.3 is 11.9 Å². The topological polar surface area (TPSA) is 83.8 Å². The van der Waals surface area contributed by atoms with Crippen molar-refractivity contribution < 1.29 is 24.5 Å². The predicted octanol–water partition coefficient (Wildman–Crippen LogP) is -0.704. The number of carbonyl (C=O) groups is 2. The Morgan fingerprint density at radius 1 is 1.64 bits per heavy atom. The lowest BCUT2D eigenvalue weighted by atomic mass is 10.7. The number of esters is 1. The second-order valence-corrected chi connectivity index (χ2v) is 2.45. The summed E-state index contributed by atoms with van der Waals surface area (Å²) in [4.78, 5) is 20.5. The molecule has 1 atom stereocenters. The zero-order chi connectivity index (χ0) is 8.85. The zero-order valence-electron chi connectivity index (χ0n) is 5.81. The van der Waals surface area contributed by atoms with E-state index in [1.165, 1.54) is 6.26 Å². The molecule has 0 aliphatic heterocycles. The molecule has 11 heavy (non-hydrogen) atoms. The molecule has 0 fully saturated rings. The van der Waals surface area contributed by atoms with Crippen LogP contribution < -0.4 is 0 Å². The van der Waals surface area contributed by atoms with E-state index in [1.807, 2.05) is 0 Å². The van der Waals surface area contributed by atoms with E-state index in [1.54, 1.807) is 0 Å². The maximum absolute atomic E-state index is 10.3. The molecule has 0 aromatic heterocycles. The second-order valence-electron chi connectivity index (χ2n) is 1.55. The van der Waals surface area contributed by atoms with Crippen LogP contribution in [0.2, 0.25) is 0 Å². The van der Waals surface area contributed by atoms with E-state index in [0.717, 1.165) is 11.8 Å². The Morgan fingerprint density at radius 2 is 2.18 bits per heavy atom. The average Bonchev–Trinajstić information content (AvgIpc) is 1.99. The summed E-state index contributed by atoms with van der Waals surface area (Å²) in [6.07, 6.45) is 1.49. The summed E-state index contributed by atoms with van der Waals surface area (Å²) >= 11 is 0.868. The summed E-state index contributed by atoms with van der Waals surface area (Å²) in [6.45, 7) is -0.801. The van der Waals surface area contributed by atoms with Crippen molar-refractivity contribution in [2.24, 2.45) is 0 Å². The molecule has 0 radical (unpaired) electrons. The Kier molecular flexibility index (Phi) is 4.64. The van der Waals surface area contributed by atoms with Crippen LogP contribution in [0.1, 0.15) is 0 Å². The number of ether oxygens (including phenoxy) is 1. The van der Waals surface area contributed by atoms with Crippen LogP contribution in [0.25, 0.3) is 0 Å². The number of thioether (sulfide) groups is 1. The molecule has 0 spiro atoms. The first-order valence-corrected chi connectivity index (χ1v) is 3.96. The van der Waals surface area contributed by atoms with Crippen LogP contribution >= 0.6 is 11.8 Å². The summed E-state index contributed by atoms with van der Waals surface area (Å²) in [7, 11) is 0. The van der Waals surface area contributed by atoms with Gasteiger partial charge in [-0.05, 0) is 6.26 Å². The van der Waals surface area contributed by atoms with Crippen LogP contribution in [0.4, 0.5) is 0 Å². The molecular formula is C5H8O5S. The van der Waals surface area contributed by atoms with Gasteiger partial charge in [0.2, 0.25) is 5.44 Å². The number of carboxylic acid groups (broad SMARTS) is 1. The molecule has 0 aliphatic carbocycles. The minimum absolute atomic E-state index is 0.801. The molecule has 0 heterocycles. The maximum atomic E-state index is 10.3. The number of aliphatic carboxylic acids is 1. The first-order chi connectivity index (χ1) is 5.11. The Balaban J connectivity index is 3.88. The van der Waals surface area contributed by atoms with Crippen molar-refractivity contribution >= 4 is 23.7 Å². The fraction of sp³-hybridized carbons (Fsp3) is 0.600. The maximum Gasteiger partial charge on any atom is 0.355 e. The zero-order valence-corrected chi connectivity index (χ0v) is 6.63. The second kappa shape index (κ2) is 4.97. The van der Waals surface area contributed by atoms with Crippen molar-refractivity contribution in [3.63, 3.8) is 0 Å². The molecular weight excluding hydrogens is 172 g/mol. The van der Waals surface area contributed by atoms with Crippen LogP contribution in [0, 0.1) is 0 Å². The highest BCUT2D eigenvalue weighted by atomic mass is 32.2. The number of hydrogen-bond acceptors (Lipinski definition) is 5. The van der Waals surface area contributed by atoms with Crippen LogP contribution in [0.3, 0.4) is 0 Å². The van der Waals surface area contributed by atoms with E-state index in [0.29, 0.717) is 0 Å². The van der Waals surface area contributed by atoms with Crippen molar-refractivity contribution in [3.05, 3.63) is 0 Å². The molecule has 0 amide bonds. The number of carbonyl (C=O) groups excluding carboxylic acids is 1. The van der Waals surface area contributed by atoms with Crippen LogP contribution in [0.15, 0.2) is 0 Å². The number of carboxylic acids is 1. The average molecular weight is 180 g/mol. The number of aliphatic hydroxyl groups is 1. The van der Waals surface area contributed by atoms with E-state index in [4.69, 9.17) is 10.2 Å². The monoisotopic (exact) mass is 180 g/mol. The van der Waals surface area contributed by atoms with Gasteiger partial charge in [0.1, 0.15) is 6.61 Å². The quantitative estimate of drug-likeness (QED) is 0.439.